The molecule has 0 fully saturated rings. The molecule has 0 aliphatic rings. The van der Waals surface area contributed by atoms with E-state index in [4.69, 9.17) is 5.26 Å². The zero-order valence-electron chi connectivity index (χ0n) is 9.60. The molecule has 0 spiro atoms. The van der Waals surface area contributed by atoms with Crippen molar-refractivity contribution in [3.63, 3.8) is 0 Å². The third kappa shape index (κ3) is 4.85. The monoisotopic (exact) mass is 253 g/mol. The molecule has 1 aromatic carbocycles. The van der Waals surface area contributed by atoms with Crippen LogP contribution in [-0.2, 0) is 10.0 Å². The number of anilines is 1. The minimum atomic E-state index is -3.19. The number of nitrogens with zero attached hydrogens (tertiary/aromatic N) is 1. The number of hydrogen-bond acceptors (Lipinski definition) is 4. The fraction of sp³-hybridized carbons (Fsp3) is 0.364. The minimum Gasteiger partial charge on any atom is -0.384 e. The van der Waals surface area contributed by atoms with Gasteiger partial charge in [-0.2, -0.15) is 5.26 Å². The standard InChI is InChI=1S/C11H15N3O2S/c1-2-14-17(15,16)7-6-13-11-5-3-4-10(8-11)9-12/h3-5,8,13-14H,2,6-7H2,1H3. The summed E-state index contributed by atoms with van der Waals surface area (Å²) in [6, 6.07) is 8.94. The molecule has 0 saturated heterocycles. The van der Waals surface area contributed by atoms with Crippen LogP contribution < -0.4 is 10.0 Å². The summed E-state index contributed by atoms with van der Waals surface area (Å²) >= 11 is 0. The van der Waals surface area contributed by atoms with Gasteiger partial charge in [-0.3, -0.25) is 0 Å². The van der Waals surface area contributed by atoms with Crippen molar-refractivity contribution in [2.24, 2.45) is 0 Å². The van der Waals surface area contributed by atoms with E-state index in [9.17, 15) is 8.42 Å². The van der Waals surface area contributed by atoms with Crippen molar-refractivity contribution in [2.45, 2.75) is 6.92 Å². The highest BCUT2D eigenvalue weighted by Gasteiger charge is 2.07. The lowest BCUT2D eigenvalue weighted by atomic mass is 10.2. The Balaban J connectivity index is 2.49. The zero-order valence-corrected chi connectivity index (χ0v) is 10.4. The van der Waals surface area contributed by atoms with Crippen molar-refractivity contribution in [1.29, 1.82) is 5.26 Å². The maximum absolute atomic E-state index is 11.3. The largest absolute Gasteiger partial charge is 0.384 e. The maximum Gasteiger partial charge on any atom is 0.213 e. The molecular weight excluding hydrogens is 238 g/mol. The third-order valence-electron chi connectivity index (χ3n) is 2.06. The number of nitriles is 1. The summed E-state index contributed by atoms with van der Waals surface area (Å²) in [6.07, 6.45) is 0. The van der Waals surface area contributed by atoms with E-state index < -0.39 is 10.0 Å². The van der Waals surface area contributed by atoms with Crippen LogP contribution in [0.5, 0.6) is 0 Å². The van der Waals surface area contributed by atoms with Gasteiger partial charge in [0, 0.05) is 18.8 Å². The number of benzene rings is 1. The van der Waals surface area contributed by atoms with Crippen LogP contribution in [-0.4, -0.2) is 27.3 Å². The van der Waals surface area contributed by atoms with E-state index in [-0.39, 0.29) is 5.75 Å². The topological polar surface area (TPSA) is 82.0 Å². The van der Waals surface area contributed by atoms with Gasteiger partial charge in [0.15, 0.2) is 0 Å². The molecule has 92 valence electrons. The molecule has 0 atom stereocenters. The molecular formula is C11H15N3O2S. The maximum atomic E-state index is 11.3. The Hall–Kier alpha value is -1.58. The van der Waals surface area contributed by atoms with Crippen molar-refractivity contribution < 1.29 is 8.42 Å². The van der Waals surface area contributed by atoms with Gasteiger partial charge in [0.2, 0.25) is 10.0 Å². The van der Waals surface area contributed by atoms with Gasteiger partial charge in [0.05, 0.1) is 17.4 Å². The summed E-state index contributed by atoms with van der Waals surface area (Å²) < 4.78 is 25.1. The van der Waals surface area contributed by atoms with Crippen molar-refractivity contribution in [1.82, 2.24) is 4.72 Å². The number of sulfonamides is 1. The summed E-state index contributed by atoms with van der Waals surface area (Å²) in [5.41, 5.74) is 1.29. The van der Waals surface area contributed by atoms with Crippen molar-refractivity contribution in [3.05, 3.63) is 29.8 Å². The van der Waals surface area contributed by atoms with Crippen molar-refractivity contribution in [2.75, 3.05) is 24.2 Å². The van der Waals surface area contributed by atoms with Gasteiger partial charge in [0.25, 0.3) is 0 Å². The molecule has 0 unspecified atom stereocenters. The minimum absolute atomic E-state index is 0.0115. The van der Waals surface area contributed by atoms with Crippen LogP contribution in [0.1, 0.15) is 12.5 Å². The first-order valence-electron chi connectivity index (χ1n) is 5.29. The van der Waals surface area contributed by atoms with Gasteiger partial charge in [0.1, 0.15) is 0 Å². The van der Waals surface area contributed by atoms with E-state index >= 15 is 0 Å². The van der Waals surface area contributed by atoms with Crippen LogP contribution in [0, 0.1) is 11.3 Å². The van der Waals surface area contributed by atoms with Gasteiger partial charge >= 0.3 is 0 Å². The van der Waals surface area contributed by atoms with Crippen LogP contribution in [0.3, 0.4) is 0 Å². The second kappa shape index (κ2) is 6.23. The fourth-order valence-electron chi connectivity index (χ4n) is 1.32. The summed E-state index contributed by atoms with van der Waals surface area (Å²) in [6.45, 7) is 2.44. The molecule has 0 aliphatic carbocycles. The third-order valence-corrected chi connectivity index (χ3v) is 3.53. The lowest BCUT2D eigenvalue weighted by Gasteiger charge is -2.07. The number of hydrogen-bond donors (Lipinski definition) is 2. The van der Waals surface area contributed by atoms with Crippen LogP contribution in [0.25, 0.3) is 0 Å². The highest BCUT2D eigenvalue weighted by atomic mass is 32.2. The Kier molecular flexibility index (Phi) is 4.94. The van der Waals surface area contributed by atoms with E-state index in [0.29, 0.717) is 18.7 Å². The molecule has 5 nitrogen and oxygen atoms in total. The molecule has 0 heterocycles. The quantitative estimate of drug-likeness (QED) is 0.789. The van der Waals surface area contributed by atoms with Gasteiger partial charge in [-0.1, -0.05) is 13.0 Å². The molecule has 1 rings (SSSR count). The lowest BCUT2D eigenvalue weighted by molar-refractivity contribution is 0.584. The highest BCUT2D eigenvalue weighted by Crippen LogP contribution is 2.09. The molecule has 0 saturated carbocycles. The van der Waals surface area contributed by atoms with Gasteiger partial charge in [-0.15, -0.1) is 0 Å². The average Bonchev–Trinajstić information content (AvgIpc) is 2.29. The fourth-order valence-corrected chi connectivity index (χ4v) is 2.28. The molecule has 0 aliphatic heterocycles. The normalized spacial score (nSPS) is 10.8. The van der Waals surface area contributed by atoms with E-state index in [1.165, 1.54) is 0 Å². The number of nitrogens with one attached hydrogen (secondary N) is 2. The average molecular weight is 253 g/mol. The smallest absolute Gasteiger partial charge is 0.213 e. The molecule has 0 bridgehead atoms. The summed E-state index contributed by atoms with van der Waals surface area (Å²) in [4.78, 5) is 0. The highest BCUT2D eigenvalue weighted by molar-refractivity contribution is 7.89. The SMILES string of the molecule is CCNS(=O)(=O)CCNc1cccc(C#N)c1. The van der Waals surface area contributed by atoms with Crippen molar-refractivity contribution in [3.8, 4) is 6.07 Å². The number of rotatable bonds is 6. The van der Waals surface area contributed by atoms with Gasteiger partial charge < -0.3 is 5.32 Å². The van der Waals surface area contributed by atoms with E-state index in [1.807, 2.05) is 6.07 Å². The molecule has 0 radical (unpaired) electrons. The van der Waals surface area contributed by atoms with Crippen LogP contribution in [0.15, 0.2) is 24.3 Å². The molecule has 0 amide bonds. The Labute approximate surface area is 102 Å². The summed E-state index contributed by atoms with van der Waals surface area (Å²) in [5.74, 6) is 0.0115. The molecule has 6 heteroatoms. The first-order valence-corrected chi connectivity index (χ1v) is 6.94. The predicted octanol–water partition coefficient (Wildman–Crippen LogP) is 0.909. The Morgan fingerprint density at radius 2 is 2.18 bits per heavy atom. The second-order valence-electron chi connectivity index (χ2n) is 3.44. The summed E-state index contributed by atoms with van der Waals surface area (Å²) in [7, 11) is -3.19. The van der Waals surface area contributed by atoms with Crippen molar-refractivity contribution >= 4 is 15.7 Å². The first kappa shape index (κ1) is 13.5. The van der Waals surface area contributed by atoms with Gasteiger partial charge in [-0.25, -0.2) is 13.1 Å². The predicted molar refractivity (Wildman–Crippen MR) is 67.1 cm³/mol. The van der Waals surface area contributed by atoms with Crippen LogP contribution in [0.4, 0.5) is 5.69 Å². The second-order valence-corrected chi connectivity index (χ2v) is 5.36. The van der Waals surface area contributed by atoms with E-state index in [0.717, 1.165) is 5.69 Å². The van der Waals surface area contributed by atoms with Gasteiger partial charge in [-0.05, 0) is 18.2 Å². The Morgan fingerprint density at radius 3 is 2.82 bits per heavy atom. The lowest BCUT2D eigenvalue weighted by Crippen LogP contribution is -2.29. The Bertz CT molecular complexity index is 506. The van der Waals surface area contributed by atoms with E-state index in [2.05, 4.69) is 10.0 Å². The molecule has 0 aromatic heterocycles. The first-order chi connectivity index (χ1) is 8.07. The Morgan fingerprint density at radius 1 is 1.41 bits per heavy atom. The summed E-state index contributed by atoms with van der Waals surface area (Å²) in [5, 5.41) is 11.7. The van der Waals surface area contributed by atoms with E-state index in [1.54, 1.807) is 31.2 Å². The van der Waals surface area contributed by atoms with Crippen LogP contribution in [0.2, 0.25) is 0 Å². The molecule has 1 aromatic rings. The van der Waals surface area contributed by atoms with Crippen LogP contribution >= 0.6 is 0 Å². The molecule has 2 N–H and O–H groups in total. The zero-order chi connectivity index (χ0) is 12.7. The molecule has 17 heavy (non-hydrogen) atoms.